The van der Waals surface area contributed by atoms with Crippen LogP contribution < -0.4 is 9.80 Å². The Kier molecular flexibility index (Phi) is 3.17. The highest BCUT2D eigenvalue weighted by Gasteiger charge is 2.46. The highest BCUT2D eigenvalue weighted by atomic mass is 15.4. The second kappa shape index (κ2) is 5.19. The van der Waals surface area contributed by atoms with Crippen molar-refractivity contribution in [2.45, 2.75) is 38.8 Å². The van der Waals surface area contributed by atoms with Gasteiger partial charge in [-0.15, -0.1) is 0 Å². The van der Waals surface area contributed by atoms with Gasteiger partial charge in [-0.1, -0.05) is 6.92 Å². The molecule has 5 rings (SSSR count). The Labute approximate surface area is 130 Å². The molecule has 114 valence electrons. The SMILES string of the molecule is CCc1cnc(N2C3CC2CN(c2ccnc(C)n2)C3)nc1. The van der Waals surface area contributed by atoms with Crippen molar-refractivity contribution in [1.82, 2.24) is 19.9 Å². The Balaban J connectivity index is 1.50. The van der Waals surface area contributed by atoms with Crippen molar-refractivity contribution < 1.29 is 0 Å². The van der Waals surface area contributed by atoms with E-state index in [0.717, 1.165) is 37.1 Å². The molecule has 0 saturated carbocycles. The van der Waals surface area contributed by atoms with Gasteiger partial charge in [-0.05, 0) is 31.4 Å². The van der Waals surface area contributed by atoms with E-state index in [1.54, 1.807) is 0 Å². The van der Waals surface area contributed by atoms with Crippen LogP contribution in [0.15, 0.2) is 24.7 Å². The van der Waals surface area contributed by atoms with Gasteiger partial charge in [0.1, 0.15) is 11.6 Å². The van der Waals surface area contributed by atoms with Gasteiger partial charge in [-0.3, -0.25) is 0 Å². The van der Waals surface area contributed by atoms with Crippen molar-refractivity contribution in [3.8, 4) is 0 Å². The molecule has 3 saturated heterocycles. The molecule has 6 nitrogen and oxygen atoms in total. The van der Waals surface area contributed by atoms with Crippen LogP contribution >= 0.6 is 0 Å². The molecule has 6 heteroatoms. The minimum atomic E-state index is 0.487. The topological polar surface area (TPSA) is 58.0 Å². The van der Waals surface area contributed by atoms with Gasteiger partial charge in [0.2, 0.25) is 5.95 Å². The van der Waals surface area contributed by atoms with E-state index in [9.17, 15) is 0 Å². The number of piperazine rings is 1. The minimum Gasteiger partial charge on any atom is -0.352 e. The molecule has 2 aromatic heterocycles. The third-order valence-electron chi connectivity index (χ3n) is 4.61. The van der Waals surface area contributed by atoms with E-state index in [0.29, 0.717) is 12.1 Å². The van der Waals surface area contributed by atoms with E-state index < -0.39 is 0 Å². The zero-order valence-corrected chi connectivity index (χ0v) is 13.0. The average molecular weight is 296 g/mol. The number of rotatable bonds is 3. The lowest BCUT2D eigenvalue weighted by molar-refractivity contribution is 0.285. The summed E-state index contributed by atoms with van der Waals surface area (Å²) >= 11 is 0. The van der Waals surface area contributed by atoms with Gasteiger partial charge in [-0.2, -0.15) is 0 Å². The summed E-state index contributed by atoms with van der Waals surface area (Å²) < 4.78 is 0. The molecule has 0 aliphatic carbocycles. The lowest BCUT2D eigenvalue weighted by atomic mass is 9.88. The zero-order chi connectivity index (χ0) is 15.1. The van der Waals surface area contributed by atoms with Crippen molar-refractivity contribution in [3.05, 3.63) is 36.0 Å². The fraction of sp³-hybridized carbons (Fsp3) is 0.500. The Morgan fingerprint density at radius 3 is 2.50 bits per heavy atom. The molecule has 0 amide bonds. The molecule has 2 atom stereocenters. The summed E-state index contributed by atoms with van der Waals surface area (Å²) in [6.45, 7) is 6.01. The molecule has 3 fully saturated rings. The summed E-state index contributed by atoms with van der Waals surface area (Å²) in [6, 6.07) is 2.97. The summed E-state index contributed by atoms with van der Waals surface area (Å²) in [5.41, 5.74) is 1.19. The van der Waals surface area contributed by atoms with Crippen LogP contribution in [0.25, 0.3) is 0 Å². The minimum absolute atomic E-state index is 0.487. The number of nitrogens with zero attached hydrogens (tertiary/aromatic N) is 6. The van der Waals surface area contributed by atoms with Gasteiger partial charge in [0.25, 0.3) is 0 Å². The summed E-state index contributed by atoms with van der Waals surface area (Å²) in [4.78, 5) is 22.5. The molecule has 0 N–H and O–H groups in total. The van der Waals surface area contributed by atoms with Gasteiger partial charge in [-0.25, -0.2) is 19.9 Å². The number of hydrogen-bond donors (Lipinski definition) is 0. The monoisotopic (exact) mass is 296 g/mol. The Morgan fingerprint density at radius 2 is 1.86 bits per heavy atom. The molecule has 0 aromatic carbocycles. The smallest absolute Gasteiger partial charge is 0.225 e. The summed E-state index contributed by atoms with van der Waals surface area (Å²) in [5.74, 6) is 2.73. The maximum Gasteiger partial charge on any atom is 0.225 e. The van der Waals surface area contributed by atoms with Crippen molar-refractivity contribution in [3.63, 3.8) is 0 Å². The third-order valence-corrected chi connectivity index (χ3v) is 4.61. The van der Waals surface area contributed by atoms with Gasteiger partial charge in [0, 0.05) is 31.7 Å². The van der Waals surface area contributed by atoms with Gasteiger partial charge < -0.3 is 9.80 Å². The first-order chi connectivity index (χ1) is 10.7. The first-order valence-corrected chi connectivity index (χ1v) is 7.88. The van der Waals surface area contributed by atoms with Gasteiger partial charge >= 0.3 is 0 Å². The van der Waals surface area contributed by atoms with E-state index in [1.807, 2.05) is 31.6 Å². The largest absolute Gasteiger partial charge is 0.352 e. The Hall–Kier alpha value is -2.24. The number of piperidine rings is 1. The molecule has 2 unspecified atom stereocenters. The first-order valence-electron chi connectivity index (χ1n) is 7.88. The van der Waals surface area contributed by atoms with Crippen LogP contribution in [0.3, 0.4) is 0 Å². The predicted octanol–water partition coefficient (Wildman–Crippen LogP) is 1.60. The van der Waals surface area contributed by atoms with E-state index >= 15 is 0 Å². The van der Waals surface area contributed by atoms with Crippen LogP contribution in [0.5, 0.6) is 0 Å². The van der Waals surface area contributed by atoms with Crippen LogP contribution in [-0.4, -0.2) is 45.1 Å². The molecule has 3 aliphatic heterocycles. The molecule has 5 heterocycles. The first kappa shape index (κ1) is 13.4. The van der Waals surface area contributed by atoms with E-state index in [-0.39, 0.29) is 0 Å². The van der Waals surface area contributed by atoms with E-state index in [4.69, 9.17) is 0 Å². The van der Waals surface area contributed by atoms with Crippen molar-refractivity contribution in [1.29, 1.82) is 0 Å². The number of anilines is 2. The highest BCUT2D eigenvalue weighted by Crippen LogP contribution is 2.36. The average Bonchev–Trinajstić information content (AvgIpc) is 2.55. The van der Waals surface area contributed by atoms with Crippen molar-refractivity contribution in [2.24, 2.45) is 0 Å². The number of aryl methyl sites for hydroxylation is 2. The van der Waals surface area contributed by atoms with Crippen LogP contribution in [0.4, 0.5) is 11.8 Å². The Bertz CT molecular complexity index is 659. The predicted molar refractivity (Wildman–Crippen MR) is 85.1 cm³/mol. The number of aromatic nitrogens is 4. The summed E-state index contributed by atoms with van der Waals surface area (Å²) in [6.07, 6.45) is 7.93. The quantitative estimate of drug-likeness (QED) is 0.857. The molecule has 3 aliphatic rings. The van der Waals surface area contributed by atoms with E-state index in [1.165, 1.54) is 12.0 Å². The molecular formula is C16H20N6. The second-order valence-corrected chi connectivity index (χ2v) is 6.06. The van der Waals surface area contributed by atoms with Crippen LogP contribution in [0.2, 0.25) is 0 Å². The highest BCUT2D eigenvalue weighted by molar-refractivity contribution is 5.48. The normalized spacial score (nSPS) is 23.4. The lowest BCUT2D eigenvalue weighted by Crippen LogP contribution is -2.69. The second-order valence-electron chi connectivity index (χ2n) is 6.06. The van der Waals surface area contributed by atoms with Crippen molar-refractivity contribution >= 4 is 11.8 Å². The third kappa shape index (κ3) is 2.19. The molecule has 2 aromatic rings. The molecule has 0 spiro atoms. The van der Waals surface area contributed by atoms with Gasteiger partial charge in [0.05, 0.1) is 12.1 Å². The molecule has 22 heavy (non-hydrogen) atoms. The maximum absolute atomic E-state index is 4.54. The zero-order valence-electron chi connectivity index (χ0n) is 13.0. The molecule has 2 bridgehead atoms. The maximum atomic E-state index is 4.54. The fourth-order valence-corrected chi connectivity index (χ4v) is 3.41. The Morgan fingerprint density at radius 1 is 1.14 bits per heavy atom. The van der Waals surface area contributed by atoms with E-state index in [2.05, 4.69) is 36.7 Å². The van der Waals surface area contributed by atoms with Crippen molar-refractivity contribution in [2.75, 3.05) is 22.9 Å². The van der Waals surface area contributed by atoms with Crippen LogP contribution in [-0.2, 0) is 6.42 Å². The summed E-state index contributed by atoms with van der Waals surface area (Å²) in [7, 11) is 0. The van der Waals surface area contributed by atoms with Crippen LogP contribution in [0, 0.1) is 6.92 Å². The summed E-state index contributed by atoms with van der Waals surface area (Å²) in [5, 5.41) is 0. The van der Waals surface area contributed by atoms with Gasteiger partial charge in [0.15, 0.2) is 0 Å². The number of hydrogen-bond acceptors (Lipinski definition) is 6. The standard InChI is InChI=1S/C16H20N6/c1-3-12-7-18-16(19-8-12)22-13-6-14(22)10-21(9-13)15-4-5-17-11(2)20-15/h4-5,7-8,13-14H,3,6,9-10H2,1-2H3. The lowest BCUT2D eigenvalue weighted by Gasteiger charge is -2.56. The molecular weight excluding hydrogens is 276 g/mol. The number of fused-ring (bicyclic) bond motifs is 2. The fourth-order valence-electron chi connectivity index (χ4n) is 3.41. The van der Waals surface area contributed by atoms with Crippen LogP contribution in [0.1, 0.15) is 24.7 Å². The molecule has 0 radical (unpaired) electrons.